The van der Waals surface area contributed by atoms with Crippen LogP contribution in [0.15, 0.2) is 30.7 Å². The number of nitrogen functional groups attached to an aromatic ring is 1. The van der Waals surface area contributed by atoms with E-state index in [1.165, 1.54) is 0 Å². The van der Waals surface area contributed by atoms with Gasteiger partial charge >= 0.3 is 0 Å². The molecule has 6 heteroatoms. The number of nitrogens with zero attached hydrogens (tertiary/aromatic N) is 4. The molecule has 19 heavy (non-hydrogen) atoms. The fourth-order valence-electron chi connectivity index (χ4n) is 1.59. The van der Waals surface area contributed by atoms with Crippen LogP contribution in [0.4, 0.5) is 11.6 Å². The molecule has 3 N–H and O–H groups in total. The second kappa shape index (κ2) is 6.10. The normalized spacial score (nSPS) is 10.7. The van der Waals surface area contributed by atoms with Crippen LogP contribution in [0.5, 0.6) is 0 Å². The van der Waals surface area contributed by atoms with Crippen LogP contribution in [-0.4, -0.2) is 47.0 Å². The number of pyridine rings is 1. The third kappa shape index (κ3) is 3.62. The lowest BCUT2D eigenvalue weighted by Gasteiger charge is -2.12. The van der Waals surface area contributed by atoms with Gasteiger partial charge in [-0.1, -0.05) is 0 Å². The molecule has 0 aliphatic carbocycles. The zero-order valence-corrected chi connectivity index (χ0v) is 11.2. The Balaban J connectivity index is 2.15. The summed E-state index contributed by atoms with van der Waals surface area (Å²) in [6.45, 7) is 1.67. The molecule has 0 spiro atoms. The van der Waals surface area contributed by atoms with E-state index in [2.05, 4.69) is 25.2 Å². The molecule has 6 nitrogen and oxygen atoms in total. The molecule has 0 radical (unpaired) electrons. The zero-order chi connectivity index (χ0) is 13.7. The van der Waals surface area contributed by atoms with Gasteiger partial charge in [0.25, 0.3) is 0 Å². The second-order valence-corrected chi connectivity index (χ2v) is 4.46. The molecule has 0 fully saturated rings. The highest BCUT2D eigenvalue weighted by molar-refractivity contribution is 5.64. The van der Waals surface area contributed by atoms with Crippen LogP contribution in [0, 0.1) is 0 Å². The van der Waals surface area contributed by atoms with Crippen molar-refractivity contribution in [3.63, 3.8) is 0 Å². The maximum absolute atomic E-state index is 5.82. The standard InChI is InChI=1S/C13H18N6/c1-19(2)8-7-16-13-12(14)17-9-11(18-13)10-3-5-15-6-4-10/h3-6,9H,7-8H2,1-2H3,(H2,14,17)(H,16,18). The Bertz CT molecular complexity index is 526. The van der Waals surface area contributed by atoms with E-state index < -0.39 is 0 Å². The first kappa shape index (κ1) is 13.2. The molecule has 2 aromatic rings. The maximum Gasteiger partial charge on any atom is 0.169 e. The number of nitrogens with two attached hydrogens (primary N) is 1. The Hall–Kier alpha value is -2.21. The van der Waals surface area contributed by atoms with Gasteiger partial charge in [-0.25, -0.2) is 9.97 Å². The molecule has 0 aromatic carbocycles. The van der Waals surface area contributed by atoms with Crippen molar-refractivity contribution in [3.05, 3.63) is 30.7 Å². The summed E-state index contributed by atoms with van der Waals surface area (Å²) in [5.41, 5.74) is 7.57. The molecule has 0 amide bonds. The van der Waals surface area contributed by atoms with E-state index in [0.29, 0.717) is 11.6 Å². The highest BCUT2D eigenvalue weighted by atomic mass is 15.1. The maximum atomic E-state index is 5.82. The minimum atomic E-state index is 0.413. The molecule has 0 unspecified atom stereocenters. The first-order valence-electron chi connectivity index (χ1n) is 6.08. The van der Waals surface area contributed by atoms with Gasteiger partial charge in [-0.2, -0.15) is 0 Å². The van der Waals surface area contributed by atoms with E-state index in [1.54, 1.807) is 18.6 Å². The molecular weight excluding hydrogens is 240 g/mol. The molecule has 0 atom stereocenters. The smallest absolute Gasteiger partial charge is 0.169 e. The second-order valence-electron chi connectivity index (χ2n) is 4.46. The van der Waals surface area contributed by atoms with Crippen LogP contribution >= 0.6 is 0 Å². The van der Waals surface area contributed by atoms with Crippen molar-refractivity contribution >= 4 is 11.6 Å². The van der Waals surface area contributed by atoms with Crippen molar-refractivity contribution in [1.82, 2.24) is 19.9 Å². The van der Waals surface area contributed by atoms with E-state index in [4.69, 9.17) is 5.73 Å². The van der Waals surface area contributed by atoms with Crippen molar-refractivity contribution in [1.29, 1.82) is 0 Å². The van der Waals surface area contributed by atoms with Gasteiger partial charge in [-0.3, -0.25) is 4.98 Å². The highest BCUT2D eigenvalue weighted by Crippen LogP contribution is 2.20. The van der Waals surface area contributed by atoms with Crippen LogP contribution < -0.4 is 11.1 Å². The minimum absolute atomic E-state index is 0.413. The molecule has 0 bridgehead atoms. The van der Waals surface area contributed by atoms with Gasteiger partial charge in [0.1, 0.15) is 0 Å². The van der Waals surface area contributed by atoms with Gasteiger partial charge in [0, 0.05) is 31.0 Å². The summed E-state index contributed by atoms with van der Waals surface area (Å²) in [5.74, 6) is 1.03. The molecule has 2 aromatic heterocycles. The van der Waals surface area contributed by atoms with Crippen molar-refractivity contribution < 1.29 is 0 Å². The van der Waals surface area contributed by atoms with Gasteiger partial charge in [-0.15, -0.1) is 0 Å². The van der Waals surface area contributed by atoms with Crippen LogP contribution in [-0.2, 0) is 0 Å². The number of hydrogen-bond donors (Lipinski definition) is 2. The Labute approximate surface area is 112 Å². The van der Waals surface area contributed by atoms with Crippen LogP contribution in [0.1, 0.15) is 0 Å². The fraction of sp³-hybridized carbons (Fsp3) is 0.308. The lowest BCUT2D eigenvalue weighted by atomic mass is 10.2. The van der Waals surface area contributed by atoms with Gasteiger partial charge in [0.05, 0.1) is 11.9 Å². The van der Waals surface area contributed by atoms with Crippen molar-refractivity contribution in [2.45, 2.75) is 0 Å². The highest BCUT2D eigenvalue weighted by Gasteiger charge is 2.06. The molecule has 100 valence electrons. The van der Waals surface area contributed by atoms with Gasteiger partial charge < -0.3 is 16.0 Å². The molecule has 2 rings (SSSR count). The van der Waals surface area contributed by atoms with Crippen molar-refractivity contribution in [2.24, 2.45) is 0 Å². The molecule has 0 aliphatic heterocycles. The summed E-state index contributed by atoms with van der Waals surface area (Å²) in [6, 6.07) is 3.79. The average molecular weight is 258 g/mol. The SMILES string of the molecule is CN(C)CCNc1nc(-c2ccncc2)cnc1N. The number of nitrogens with one attached hydrogen (secondary N) is 1. The van der Waals surface area contributed by atoms with Crippen LogP contribution in [0.25, 0.3) is 11.3 Å². The van der Waals surface area contributed by atoms with Gasteiger partial charge in [0.2, 0.25) is 0 Å². The average Bonchev–Trinajstić information content (AvgIpc) is 2.41. The van der Waals surface area contributed by atoms with E-state index in [-0.39, 0.29) is 0 Å². The number of aromatic nitrogens is 3. The first-order valence-corrected chi connectivity index (χ1v) is 6.08. The fourth-order valence-corrected chi connectivity index (χ4v) is 1.59. The van der Waals surface area contributed by atoms with E-state index in [9.17, 15) is 0 Å². The Kier molecular flexibility index (Phi) is 4.25. The van der Waals surface area contributed by atoms with Crippen molar-refractivity contribution in [3.8, 4) is 11.3 Å². The van der Waals surface area contributed by atoms with Gasteiger partial charge in [-0.05, 0) is 26.2 Å². The lowest BCUT2D eigenvalue weighted by molar-refractivity contribution is 0.425. The zero-order valence-electron chi connectivity index (χ0n) is 11.2. The third-order valence-corrected chi connectivity index (χ3v) is 2.63. The predicted octanol–water partition coefficient (Wildman–Crippen LogP) is 1.09. The molecule has 0 saturated heterocycles. The summed E-state index contributed by atoms with van der Waals surface area (Å²) in [6.07, 6.45) is 5.13. The summed E-state index contributed by atoms with van der Waals surface area (Å²) in [5, 5.41) is 3.20. The summed E-state index contributed by atoms with van der Waals surface area (Å²) >= 11 is 0. The van der Waals surface area contributed by atoms with Crippen LogP contribution in [0.2, 0.25) is 0 Å². The molecular formula is C13H18N6. The quantitative estimate of drug-likeness (QED) is 0.836. The molecule has 0 aliphatic rings. The Morgan fingerprint density at radius 1 is 1.26 bits per heavy atom. The third-order valence-electron chi connectivity index (χ3n) is 2.63. The largest absolute Gasteiger partial charge is 0.381 e. The van der Waals surface area contributed by atoms with Crippen LogP contribution in [0.3, 0.4) is 0 Å². The summed E-state index contributed by atoms with van der Waals surface area (Å²) in [7, 11) is 4.04. The number of rotatable bonds is 5. The van der Waals surface area contributed by atoms with Gasteiger partial charge in [0.15, 0.2) is 11.6 Å². The molecule has 2 heterocycles. The lowest BCUT2D eigenvalue weighted by Crippen LogP contribution is -2.21. The van der Waals surface area contributed by atoms with E-state index in [1.807, 2.05) is 26.2 Å². The number of likely N-dealkylation sites (N-methyl/N-ethyl adjacent to an activating group) is 1. The van der Waals surface area contributed by atoms with E-state index >= 15 is 0 Å². The minimum Gasteiger partial charge on any atom is -0.381 e. The summed E-state index contributed by atoms with van der Waals surface area (Å²) < 4.78 is 0. The Morgan fingerprint density at radius 3 is 2.68 bits per heavy atom. The van der Waals surface area contributed by atoms with Crippen molar-refractivity contribution in [2.75, 3.05) is 38.2 Å². The Morgan fingerprint density at radius 2 is 2.00 bits per heavy atom. The number of anilines is 2. The number of hydrogen-bond acceptors (Lipinski definition) is 6. The predicted molar refractivity (Wildman–Crippen MR) is 76.7 cm³/mol. The van der Waals surface area contributed by atoms with E-state index in [0.717, 1.165) is 24.3 Å². The monoisotopic (exact) mass is 258 g/mol. The first-order chi connectivity index (χ1) is 9.16. The topological polar surface area (TPSA) is 80.0 Å². The summed E-state index contributed by atoms with van der Waals surface area (Å²) in [4.78, 5) is 14.7. The molecule has 0 saturated carbocycles.